The van der Waals surface area contributed by atoms with Gasteiger partial charge in [0.25, 0.3) is 21.0 Å². The number of allylic oxidation sites excluding steroid dienone is 6. The number of carbonyl (C=O) groups is 1. The van der Waals surface area contributed by atoms with E-state index in [0.717, 1.165) is 81.8 Å². The SMILES string of the molecule is CC1(C)C(/C=C/C=C/C=C2/N(CCCCS(=O)(=O)O)c3ccccc3C2(C)C)=[N+](CCCCCC(=O)NCCCCCNc2c(NCCCOc3cccc(CN4CCCCC4)c3)c(=O)c2=O)c2ccccc21. The molecule has 4 aromatic carbocycles. The van der Waals surface area contributed by atoms with Crippen LogP contribution in [-0.2, 0) is 32.3 Å². The highest BCUT2D eigenvalue weighted by molar-refractivity contribution is 7.85. The smallest absolute Gasteiger partial charge is 0.264 e. The number of para-hydroxylation sites is 2. The Labute approximate surface area is 433 Å². The van der Waals surface area contributed by atoms with E-state index >= 15 is 0 Å². The minimum Gasteiger partial charge on any atom is -0.494 e. The predicted molar refractivity (Wildman–Crippen MR) is 297 cm³/mol. The molecule has 3 heterocycles. The van der Waals surface area contributed by atoms with Crippen LogP contribution in [0.4, 0.5) is 22.7 Å². The van der Waals surface area contributed by atoms with Crippen LogP contribution in [0.1, 0.15) is 128 Å². The number of hydrogen-bond acceptors (Lipinski definition) is 10. The largest absolute Gasteiger partial charge is 0.494 e. The van der Waals surface area contributed by atoms with Crippen LogP contribution in [0.15, 0.2) is 118 Å². The zero-order valence-electron chi connectivity index (χ0n) is 43.7. The van der Waals surface area contributed by atoms with Crippen LogP contribution < -0.4 is 36.4 Å². The molecule has 1 fully saturated rings. The summed E-state index contributed by atoms with van der Waals surface area (Å²) in [4.78, 5) is 42.2. The number of hydrogen-bond donors (Lipinski definition) is 4. The van der Waals surface area contributed by atoms with Crippen molar-refractivity contribution >= 4 is 44.5 Å². The first kappa shape index (κ1) is 54.9. The first-order valence-electron chi connectivity index (χ1n) is 26.8. The van der Waals surface area contributed by atoms with E-state index in [2.05, 4.69) is 143 Å². The molecule has 392 valence electrons. The summed E-state index contributed by atoms with van der Waals surface area (Å²) in [5, 5.41) is 9.38. The molecule has 0 bridgehead atoms. The third-order valence-electron chi connectivity index (χ3n) is 14.7. The molecule has 0 radical (unpaired) electrons. The van der Waals surface area contributed by atoms with E-state index in [4.69, 9.17) is 4.74 Å². The standard InChI is InChI=1S/C59H78N6O7S/c1-58(2)47-27-12-14-29-49(47)64(51(58)31-9-5-10-32-52-59(3,4)48-28-13-15-30-50(48)65(52)40-21-22-42-73(69,70)71)39-20-6-11-33-53(66)60-34-16-7-17-35-61-54-55(57(68)56(54)67)62-36-24-41-72-46-26-23-25-45(43-46)44-63-37-18-8-19-38-63/h5,9-10,12-15,23,25-32,43H,6-8,11,16-22,24,33-42,44H2,1-4H3,(H3-,60,61,62,66,67,68,69,70,71)/p+1. The minimum absolute atomic E-state index is 0.0686. The molecule has 0 atom stereocenters. The fraction of sp³-hybridized carbons (Fsp3) is 0.492. The third kappa shape index (κ3) is 14.7. The Hall–Kier alpha value is -5.83. The van der Waals surface area contributed by atoms with E-state index in [1.807, 2.05) is 18.2 Å². The highest BCUT2D eigenvalue weighted by Crippen LogP contribution is 2.47. The molecule has 0 unspecified atom stereocenters. The van der Waals surface area contributed by atoms with Gasteiger partial charge in [0.1, 0.15) is 23.7 Å². The van der Waals surface area contributed by atoms with Crippen LogP contribution >= 0.6 is 0 Å². The van der Waals surface area contributed by atoms with Gasteiger partial charge in [-0.05, 0) is 127 Å². The fourth-order valence-corrected chi connectivity index (χ4v) is 11.2. The van der Waals surface area contributed by atoms with Gasteiger partial charge in [0.2, 0.25) is 11.6 Å². The maximum Gasteiger partial charge on any atom is 0.264 e. The van der Waals surface area contributed by atoms with E-state index in [0.29, 0.717) is 69.8 Å². The molecule has 0 saturated carbocycles. The second-order valence-electron chi connectivity index (χ2n) is 20.9. The van der Waals surface area contributed by atoms with Crippen molar-refractivity contribution in [1.82, 2.24) is 10.2 Å². The van der Waals surface area contributed by atoms with E-state index in [1.165, 1.54) is 47.4 Å². The molecule has 0 aromatic heterocycles. The number of amides is 1. The molecule has 7 rings (SSSR count). The Morgan fingerprint density at radius 1 is 0.740 bits per heavy atom. The number of likely N-dealkylation sites (tertiary alicyclic amines) is 1. The Kier molecular flexibility index (Phi) is 19.5. The maximum absolute atomic E-state index is 12.7. The molecule has 3 aliphatic heterocycles. The number of nitrogens with one attached hydrogen (secondary N) is 3. The number of anilines is 3. The van der Waals surface area contributed by atoms with Gasteiger partial charge in [-0.3, -0.25) is 23.8 Å². The second-order valence-corrected chi connectivity index (χ2v) is 22.5. The quantitative estimate of drug-likeness (QED) is 0.0135. The lowest BCUT2D eigenvalue weighted by molar-refractivity contribution is -0.438. The van der Waals surface area contributed by atoms with Crippen LogP contribution in [0, 0.1) is 0 Å². The van der Waals surface area contributed by atoms with Crippen LogP contribution in [0.25, 0.3) is 0 Å². The van der Waals surface area contributed by atoms with E-state index in [9.17, 15) is 27.4 Å². The Morgan fingerprint density at radius 2 is 1.44 bits per heavy atom. The molecule has 3 aliphatic rings. The summed E-state index contributed by atoms with van der Waals surface area (Å²) in [6.07, 6.45) is 21.9. The number of unbranched alkanes of at least 4 members (excludes halogenated alkanes) is 5. The van der Waals surface area contributed by atoms with Crippen LogP contribution in [-0.4, -0.2) is 92.2 Å². The van der Waals surface area contributed by atoms with Crippen molar-refractivity contribution < 1.29 is 27.1 Å². The molecule has 0 aliphatic carbocycles. The first-order chi connectivity index (χ1) is 35.1. The lowest BCUT2D eigenvalue weighted by Crippen LogP contribution is -2.37. The number of piperidine rings is 1. The van der Waals surface area contributed by atoms with Gasteiger partial charge in [0.05, 0.1) is 17.8 Å². The van der Waals surface area contributed by atoms with Gasteiger partial charge in [-0.25, -0.2) is 0 Å². The van der Waals surface area contributed by atoms with E-state index in [1.54, 1.807) is 0 Å². The summed E-state index contributed by atoms with van der Waals surface area (Å²) in [6, 6.07) is 25.2. The number of fused-ring (bicyclic) bond motifs is 2. The van der Waals surface area contributed by atoms with Gasteiger partial charge in [-0.15, -0.1) is 0 Å². The zero-order valence-corrected chi connectivity index (χ0v) is 44.5. The Bertz CT molecular complexity index is 2810. The molecule has 73 heavy (non-hydrogen) atoms. The van der Waals surface area contributed by atoms with E-state index in [-0.39, 0.29) is 22.5 Å². The van der Waals surface area contributed by atoms with E-state index < -0.39 is 21.0 Å². The summed E-state index contributed by atoms with van der Waals surface area (Å²) in [7, 11) is -3.99. The van der Waals surface area contributed by atoms with Gasteiger partial charge < -0.3 is 25.6 Å². The molecular formula is C59H79N6O7S+. The van der Waals surface area contributed by atoms with Crippen molar-refractivity contribution in [3.8, 4) is 5.75 Å². The van der Waals surface area contributed by atoms with Gasteiger partial charge >= 0.3 is 0 Å². The first-order valence-corrected chi connectivity index (χ1v) is 28.4. The molecule has 0 spiro atoms. The summed E-state index contributed by atoms with van der Waals surface area (Å²) in [6.45, 7) is 16.0. The summed E-state index contributed by atoms with van der Waals surface area (Å²) < 4.78 is 40.4. The normalized spacial score (nSPS) is 17.0. The predicted octanol–water partition coefficient (Wildman–Crippen LogP) is 9.95. The molecule has 13 nitrogen and oxygen atoms in total. The van der Waals surface area contributed by atoms with Crippen molar-refractivity contribution in [1.29, 1.82) is 0 Å². The van der Waals surface area contributed by atoms with Gasteiger partial charge in [-0.2, -0.15) is 13.0 Å². The number of nitrogens with zero attached hydrogens (tertiary/aromatic N) is 3. The average Bonchev–Trinajstić information content (AvgIpc) is 3.72. The van der Waals surface area contributed by atoms with Gasteiger partial charge in [-0.1, -0.05) is 87.0 Å². The zero-order chi connectivity index (χ0) is 51.9. The third-order valence-corrected chi connectivity index (χ3v) is 15.5. The van der Waals surface area contributed by atoms with Crippen LogP contribution in [0.2, 0.25) is 0 Å². The fourth-order valence-electron chi connectivity index (χ4n) is 10.7. The number of rotatable bonds is 29. The number of benzene rings is 3. The van der Waals surface area contributed by atoms with Crippen molar-refractivity contribution in [3.05, 3.63) is 146 Å². The van der Waals surface area contributed by atoms with Crippen molar-refractivity contribution in [2.45, 2.75) is 129 Å². The van der Waals surface area contributed by atoms with Crippen LogP contribution in [0.3, 0.4) is 0 Å². The lowest BCUT2D eigenvalue weighted by Gasteiger charge is -2.27. The summed E-state index contributed by atoms with van der Waals surface area (Å²) in [5.74, 6) is 0.680. The van der Waals surface area contributed by atoms with Crippen molar-refractivity contribution in [3.63, 3.8) is 0 Å². The summed E-state index contributed by atoms with van der Waals surface area (Å²) >= 11 is 0. The highest BCUT2D eigenvalue weighted by atomic mass is 32.2. The van der Waals surface area contributed by atoms with Gasteiger partial charge in [0.15, 0.2) is 5.71 Å². The van der Waals surface area contributed by atoms with Crippen LogP contribution in [0.5, 0.6) is 5.75 Å². The lowest BCUT2D eigenvalue weighted by atomic mass is 9.81. The average molecular weight is 1020 g/mol. The molecule has 4 aromatic rings. The number of ether oxygens (including phenoxy) is 1. The minimum atomic E-state index is -3.99. The second kappa shape index (κ2) is 25.9. The molecule has 1 saturated heterocycles. The highest BCUT2D eigenvalue weighted by Gasteiger charge is 2.44. The monoisotopic (exact) mass is 1020 g/mol. The Morgan fingerprint density at radius 3 is 2.21 bits per heavy atom. The maximum atomic E-state index is 12.7. The molecule has 4 N–H and O–H groups in total. The number of carbonyl (C=O) groups excluding carboxylic acids is 1. The van der Waals surface area contributed by atoms with Crippen molar-refractivity contribution in [2.24, 2.45) is 0 Å². The summed E-state index contributed by atoms with van der Waals surface area (Å²) in [5.41, 5.74) is 7.85. The topological polar surface area (TPSA) is 160 Å². The molecular weight excluding hydrogens is 937 g/mol. The van der Waals surface area contributed by atoms with Crippen molar-refractivity contribution in [2.75, 3.05) is 73.7 Å². The Balaban J connectivity index is 0.794. The van der Waals surface area contributed by atoms with Gasteiger partial charge in [0, 0.05) is 80.1 Å². The molecule has 14 heteroatoms. The molecule has 1 amide bonds.